The second-order valence-corrected chi connectivity index (χ2v) is 5.45. The van der Waals surface area contributed by atoms with Crippen molar-refractivity contribution in [1.29, 1.82) is 0 Å². The lowest BCUT2D eigenvalue weighted by Crippen LogP contribution is -2.40. The number of carbonyl (C=O) groups excluding carboxylic acids is 1. The average Bonchev–Trinajstić information content (AvgIpc) is 2.52. The smallest absolute Gasteiger partial charge is 0.251 e. The van der Waals surface area contributed by atoms with E-state index in [4.69, 9.17) is 4.74 Å². The van der Waals surface area contributed by atoms with E-state index in [1.54, 1.807) is 26.3 Å². The second-order valence-electron chi connectivity index (χ2n) is 4.54. The van der Waals surface area contributed by atoms with Crippen LogP contribution in [0.25, 0.3) is 0 Å². The number of benzene rings is 1. The van der Waals surface area contributed by atoms with Gasteiger partial charge in [-0.2, -0.15) is 0 Å². The number of methoxy groups -OCH3 is 1. The number of carbonyl (C=O) groups is 1. The highest BCUT2D eigenvalue weighted by molar-refractivity contribution is 9.10. The van der Waals surface area contributed by atoms with Crippen molar-refractivity contribution in [2.75, 3.05) is 40.4 Å². The topological polar surface area (TPSA) is 74.8 Å². The van der Waals surface area contributed by atoms with Crippen LogP contribution in [0.15, 0.2) is 33.7 Å². The van der Waals surface area contributed by atoms with E-state index in [0.717, 1.165) is 23.4 Å². The maximum Gasteiger partial charge on any atom is 0.251 e. The summed E-state index contributed by atoms with van der Waals surface area (Å²) in [5, 5.41) is 9.19. The average molecular weight is 371 g/mol. The Labute approximate surface area is 139 Å². The van der Waals surface area contributed by atoms with E-state index < -0.39 is 0 Å². The molecule has 0 radical (unpaired) electrons. The number of hydrogen-bond donors (Lipinski definition) is 3. The number of nitrogens with zero attached hydrogens (tertiary/aromatic N) is 1. The normalized spacial score (nSPS) is 11.1. The fraction of sp³-hybridized carbons (Fsp3) is 0.467. The molecular weight excluding hydrogens is 348 g/mol. The van der Waals surface area contributed by atoms with Gasteiger partial charge in [0.1, 0.15) is 0 Å². The predicted molar refractivity (Wildman–Crippen MR) is 92.3 cm³/mol. The van der Waals surface area contributed by atoms with Crippen molar-refractivity contribution in [3.8, 4) is 0 Å². The van der Waals surface area contributed by atoms with Crippen LogP contribution in [0.5, 0.6) is 0 Å². The van der Waals surface area contributed by atoms with Gasteiger partial charge in [0.05, 0.1) is 6.61 Å². The van der Waals surface area contributed by atoms with Gasteiger partial charge in [-0.15, -0.1) is 0 Å². The molecule has 1 aromatic rings. The van der Waals surface area contributed by atoms with Gasteiger partial charge in [-0.05, 0) is 24.6 Å². The number of rotatable bonds is 8. The maximum atomic E-state index is 11.9. The molecule has 1 aromatic carbocycles. The number of amides is 1. The molecule has 0 bridgehead atoms. The van der Waals surface area contributed by atoms with E-state index in [1.165, 1.54) is 0 Å². The van der Waals surface area contributed by atoms with Gasteiger partial charge in [-0.1, -0.05) is 22.0 Å². The molecule has 1 rings (SSSR count). The Balaban J connectivity index is 2.18. The summed E-state index contributed by atoms with van der Waals surface area (Å²) in [5.41, 5.74) is 0.652. The van der Waals surface area contributed by atoms with Crippen LogP contribution in [0, 0.1) is 0 Å². The fourth-order valence-electron chi connectivity index (χ4n) is 1.72. The van der Waals surface area contributed by atoms with Gasteiger partial charge in [-0.3, -0.25) is 9.79 Å². The number of aliphatic imine (C=N–C) groups is 1. The molecule has 0 saturated heterocycles. The third kappa shape index (κ3) is 7.42. The lowest BCUT2D eigenvalue weighted by atomic mass is 10.2. The summed E-state index contributed by atoms with van der Waals surface area (Å²) in [4.78, 5) is 16.0. The molecule has 6 nitrogen and oxygen atoms in total. The molecule has 7 heteroatoms. The quantitative estimate of drug-likeness (QED) is 0.367. The number of halogens is 1. The van der Waals surface area contributed by atoms with Crippen LogP contribution < -0.4 is 16.0 Å². The molecule has 0 saturated carbocycles. The van der Waals surface area contributed by atoms with Gasteiger partial charge in [0.25, 0.3) is 5.91 Å². The highest BCUT2D eigenvalue weighted by Crippen LogP contribution is 2.11. The van der Waals surface area contributed by atoms with Gasteiger partial charge in [0.2, 0.25) is 0 Å². The summed E-state index contributed by atoms with van der Waals surface area (Å²) >= 11 is 3.35. The van der Waals surface area contributed by atoms with Crippen molar-refractivity contribution in [3.05, 3.63) is 34.3 Å². The SMILES string of the molecule is CN=C(NCCCNC(=O)c1cccc(Br)c1)NCCOC. The minimum absolute atomic E-state index is 0.0658. The van der Waals surface area contributed by atoms with E-state index in [9.17, 15) is 4.79 Å². The van der Waals surface area contributed by atoms with E-state index >= 15 is 0 Å². The van der Waals surface area contributed by atoms with E-state index in [-0.39, 0.29) is 5.91 Å². The molecule has 0 heterocycles. The lowest BCUT2D eigenvalue weighted by Gasteiger charge is -2.11. The van der Waals surface area contributed by atoms with Gasteiger partial charge in [0.15, 0.2) is 5.96 Å². The minimum Gasteiger partial charge on any atom is -0.383 e. The van der Waals surface area contributed by atoms with E-state index in [1.807, 2.05) is 12.1 Å². The Morgan fingerprint density at radius 1 is 1.23 bits per heavy atom. The Bertz CT molecular complexity index is 494. The summed E-state index contributed by atoms with van der Waals surface area (Å²) in [6.07, 6.45) is 0.810. The number of nitrogens with one attached hydrogen (secondary N) is 3. The van der Waals surface area contributed by atoms with Gasteiger partial charge >= 0.3 is 0 Å². The molecule has 0 aliphatic heterocycles. The van der Waals surface area contributed by atoms with Crippen molar-refractivity contribution in [2.24, 2.45) is 4.99 Å². The van der Waals surface area contributed by atoms with Gasteiger partial charge < -0.3 is 20.7 Å². The summed E-state index contributed by atoms with van der Waals surface area (Å²) in [5.74, 6) is 0.666. The predicted octanol–water partition coefficient (Wildman–Crippen LogP) is 1.38. The number of hydrogen-bond acceptors (Lipinski definition) is 3. The van der Waals surface area contributed by atoms with Crippen molar-refractivity contribution >= 4 is 27.8 Å². The Morgan fingerprint density at radius 3 is 2.64 bits per heavy atom. The third-order valence-corrected chi connectivity index (χ3v) is 3.33. The Hall–Kier alpha value is -1.60. The zero-order valence-electron chi connectivity index (χ0n) is 13.0. The molecule has 0 fully saturated rings. The second kappa shape index (κ2) is 11.0. The highest BCUT2D eigenvalue weighted by atomic mass is 79.9. The molecule has 0 aliphatic rings. The van der Waals surface area contributed by atoms with Crippen molar-refractivity contribution < 1.29 is 9.53 Å². The molecule has 122 valence electrons. The molecule has 0 aromatic heterocycles. The van der Waals surface area contributed by atoms with Gasteiger partial charge in [0, 0.05) is 43.8 Å². The first-order chi connectivity index (χ1) is 10.7. The monoisotopic (exact) mass is 370 g/mol. The van der Waals surface area contributed by atoms with Crippen molar-refractivity contribution in [1.82, 2.24) is 16.0 Å². The zero-order valence-corrected chi connectivity index (χ0v) is 14.6. The zero-order chi connectivity index (χ0) is 16.2. The molecule has 0 aliphatic carbocycles. The molecular formula is C15H23BrN4O2. The third-order valence-electron chi connectivity index (χ3n) is 2.84. The molecule has 0 atom stereocenters. The molecule has 0 unspecified atom stereocenters. The molecule has 1 amide bonds. The van der Waals surface area contributed by atoms with E-state index in [0.29, 0.717) is 25.3 Å². The first kappa shape index (κ1) is 18.4. The van der Waals surface area contributed by atoms with Crippen molar-refractivity contribution in [3.63, 3.8) is 0 Å². The summed E-state index contributed by atoms with van der Waals surface area (Å²) in [6, 6.07) is 7.33. The summed E-state index contributed by atoms with van der Waals surface area (Å²) < 4.78 is 5.86. The first-order valence-corrected chi connectivity index (χ1v) is 7.94. The van der Waals surface area contributed by atoms with Crippen LogP contribution >= 0.6 is 15.9 Å². The lowest BCUT2D eigenvalue weighted by molar-refractivity contribution is 0.0953. The van der Waals surface area contributed by atoms with Crippen LogP contribution in [-0.2, 0) is 4.74 Å². The van der Waals surface area contributed by atoms with Crippen molar-refractivity contribution in [2.45, 2.75) is 6.42 Å². The maximum absolute atomic E-state index is 11.9. The Morgan fingerprint density at radius 2 is 1.95 bits per heavy atom. The first-order valence-electron chi connectivity index (χ1n) is 7.14. The van der Waals surface area contributed by atoms with Crippen LogP contribution in [-0.4, -0.2) is 52.3 Å². The summed E-state index contributed by atoms with van der Waals surface area (Å²) in [6.45, 7) is 2.66. The molecule has 0 spiro atoms. The highest BCUT2D eigenvalue weighted by Gasteiger charge is 2.04. The number of ether oxygens (including phenoxy) is 1. The summed E-state index contributed by atoms with van der Waals surface area (Å²) in [7, 11) is 3.38. The van der Waals surface area contributed by atoms with Crippen LogP contribution in [0.2, 0.25) is 0 Å². The fourth-order valence-corrected chi connectivity index (χ4v) is 2.12. The largest absolute Gasteiger partial charge is 0.383 e. The Kier molecular flexibility index (Phi) is 9.25. The number of guanidine groups is 1. The molecule has 3 N–H and O–H groups in total. The van der Waals surface area contributed by atoms with E-state index in [2.05, 4.69) is 36.9 Å². The molecule has 22 heavy (non-hydrogen) atoms. The minimum atomic E-state index is -0.0658. The van der Waals surface area contributed by atoms with Crippen LogP contribution in [0.1, 0.15) is 16.8 Å². The standard InChI is InChI=1S/C15H23BrN4O2/c1-17-15(20-9-10-22-2)19-8-4-7-18-14(21)12-5-3-6-13(16)11-12/h3,5-6,11H,4,7-10H2,1-2H3,(H,18,21)(H2,17,19,20). The van der Waals surface area contributed by atoms with Crippen LogP contribution in [0.3, 0.4) is 0 Å². The van der Waals surface area contributed by atoms with Crippen LogP contribution in [0.4, 0.5) is 0 Å². The van der Waals surface area contributed by atoms with Gasteiger partial charge in [-0.25, -0.2) is 0 Å².